The Morgan fingerprint density at radius 1 is 1.35 bits per heavy atom. The van der Waals surface area contributed by atoms with Gasteiger partial charge >= 0.3 is 0 Å². The van der Waals surface area contributed by atoms with Crippen LogP contribution in [0.3, 0.4) is 0 Å². The molecule has 88 valence electrons. The highest BCUT2D eigenvalue weighted by atomic mass is 79.9. The lowest BCUT2D eigenvalue weighted by Crippen LogP contribution is -2.12. The molecule has 0 radical (unpaired) electrons. The normalized spacial score (nSPS) is 13.8. The highest BCUT2D eigenvalue weighted by molar-refractivity contribution is 9.10. The Hall–Kier alpha value is -0.630. The van der Waals surface area contributed by atoms with E-state index in [1.165, 1.54) is 0 Å². The van der Waals surface area contributed by atoms with Crippen molar-refractivity contribution in [3.8, 4) is 10.7 Å². The van der Waals surface area contributed by atoms with Crippen molar-refractivity contribution in [2.24, 2.45) is 5.84 Å². The van der Waals surface area contributed by atoms with Crippen LogP contribution in [0.4, 0.5) is 5.82 Å². The van der Waals surface area contributed by atoms with Crippen molar-refractivity contribution in [1.82, 2.24) is 9.97 Å². The van der Waals surface area contributed by atoms with Crippen LogP contribution in [0.15, 0.2) is 15.9 Å². The highest BCUT2D eigenvalue weighted by Crippen LogP contribution is 2.37. The number of aromatic nitrogens is 2. The molecule has 17 heavy (non-hydrogen) atoms. The number of nitrogens with two attached hydrogens (primary N) is 1. The topological polar surface area (TPSA) is 63.8 Å². The first-order valence-corrected chi connectivity index (χ1v) is 7.80. The maximum atomic E-state index is 5.53. The lowest BCUT2D eigenvalue weighted by Gasteiger charge is -2.08. The minimum Gasteiger partial charge on any atom is -0.308 e. The van der Waals surface area contributed by atoms with Crippen LogP contribution >= 0.6 is 39.0 Å². The van der Waals surface area contributed by atoms with Crippen molar-refractivity contribution in [2.45, 2.75) is 11.5 Å². The van der Waals surface area contributed by atoms with Crippen LogP contribution in [-0.4, -0.2) is 9.97 Å². The van der Waals surface area contributed by atoms with Gasteiger partial charge in [-0.1, -0.05) is 0 Å². The molecule has 3 N–H and O–H groups in total. The van der Waals surface area contributed by atoms with Crippen LogP contribution in [0.25, 0.3) is 10.7 Å². The predicted molar refractivity (Wildman–Crippen MR) is 75.9 cm³/mol. The van der Waals surface area contributed by atoms with E-state index in [1.54, 1.807) is 11.3 Å². The molecule has 1 aliphatic heterocycles. The van der Waals surface area contributed by atoms with Gasteiger partial charge in [-0.2, -0.15) is 11.8 Å². The first-order valence-electron chi connectivity index (χ1n) is 4.97. The van der Waals surface area contributed by atoms with Gasteiger partial charge in [0.05, 0.1) is 10.6 Å². The zero-order chi connectivity index (χ0) is 11.8. The smallest absolute Gasteiger partial charge is 0.173 e. The molecule has 3 heterocycles. The van der Waals surface area contributed by atoms with Crippen molar-refractivity contribution in [2.75, 3.05) is 5.43 Å². The Balaban J connectivity index is 2.16. The summed E-state index contributed by atoms with van der Waals surface area (Å²) in [5.74, 6) is 8.87. The summed E-state index contributed by atoms with van der Waals surface area (Å²) in [5.41, 5.74) is 4.90. The predicted octanol–water partition coefficient (Wildman–Crippen LogP) is 3.00. The van der Waals surface area contributed by atoms with Crippen molar-refractivity contribution in [3.63, 3.8) is 0 Å². The van der Waals surface area contributed by atoms with Crippen LogP contribution in [0.2, 0.25) is 0 Å². The number of hydrogen-bond donors (Lipinski definition) is 2. The Morgan fingerprint density at radius 2 is 2.24 bits per heavy atom. The summed E-state index contributed by atoms with van der Waals surface area (Å²) in [4.78, 5) is 10.1. The molecule has 3 rings (SSSR count). The van der Waals surface area contributed by atoms with Gasteiger partial charge in [0.15, 0.2) is 5.82 Å². The molecule has 0 unspecified atom stereocenters. The van der Waals surface area contributed by atoms with Gasteiger partial charge in [0, 0.05) is 21.5 Å². The first kappa shape index (κ1) is 11.5. The third-order valence-corrected chi connectivity index (χ3v) is 5.34. The average molecular weight is 329 g/mol. The number of thiophene rings is 1. The molecule has 0 aliphatic carbocycles. The maximum absolute atomic E-state index is 5.53. The zero-order valence-corrected chi connectivity index (χ0v) is 12.0. The number of hydrogen-bond acceptors (Lipinski definition) is 6. The molecule has 0 spiro atoms. The highest BCUT2D eigenvalue weighted by Gasteiger charge is 2.20. The van der Waals surface area contributed by atoms with Gasteiger partial charge in [-0.25, -0.2) is 15.8 Å². The minimum atomic E-state index is 0.737. The minimum absolute atomic E-state index is 0.737. The van der Waals surface area contributed by atoms with Crippen molar-refractivity contribution >= 4 is 44.8 Å². The van der Waals surface area contributed by atoms with Gasteiger partial charge in [-0.15, -0.1) is 11.3 Å². The van der Waals surface area contributed by atoms with E-state index in [1.807, 2.05) is 23.2 Å². The van der Waals surface area contributed by atoms with Gasteiger partial charge < -0.3 is 5.43 Å². The SMILES string of the molecule is NNc1nc(-c2sccc2Br)nc2c1CSC2. The van der Waals surface area contributed by atoms with E-state index in [-0.39, 0.29) is 0 Å². The molecule has 2 aromatic rings. The molecule has 0 atom stereocenters. The number of thioether (sulfide) groups is 1. The summed E-state index contributed by atoms with van der Waals surface area (Å²) in [6, 6.07) is 2.00. The van der Waals surface area contributed by atoms with E-state index >= 15 is 0 Å². The van der Waals surface area contributed by atoms with Gasteiger partial charge in [0.25, 0.3) is 0 Å². The summed E-state index contributed by atoms with van der Waals surface area (Å²) in [7, 11) is 0. The van der Waals surface area contributed by atoms with Crippen molar-refractivity contribution < 1.29 is 0 Å². The molecular weight excluding hydrogens is 320 g/mol. The Kier molecular flexibility index (Phi) is 3.08. The molecular formula is C10H9BrN4S2. The first-order chi connectivity index (χ1) is 8.29. The fourth-order valence-corrected chi connectivity index (χ4v) is 4.25. The summed E-state index contributed by atoms with van der Waals surface area (Å²) >= 11 is 6.96. The lowest BCUT2D eigenvalue weighted by atomic mass is 10.2. The van der Waals surface area contributed by atoms with E-state index in [4.69, 9.17) is 5.84 Å². The number of rotatable bonds is 2. The Labute approximate surface area is 115 Å². The van der Waals surface area contributed by atoms with Gasteiger partial charge in [-0.05, 0) is 27.4 Å². The molecule has 0 aromatic carbocycles. The van der Waals surface area contributed by atoms with Crippen LogP contribution in [0, 0.1) is 0 Å². The van der Waals surface area contributed by atoms with Crippen LogP contribution < -0.4 is 11.3 Å². The standard InChI is InChI=1S/C10H9BrN4S2/c11-6-1-2-17-8(6)10-13-7-4-16-3-5(7)9(14-10)15-12/h1-2H,3-4,12H2,(H,13,14,15). The van der Waals surface area contributed by atoms with Gasteiger partial charge in [0.2, 0.25) is 0 Å². The van der Waals surface area contributed by atoms with Gasteiger partial charge in [-0.3, -0.25) is 0 Å². The van der Waals surface area contributed by atoms with E-state index < -0.39 is 0 Å². The zero-order valence-electron chi connectivity index (χ0n) is 8.74. The van der Waals surface area contributed by atoms with Gasteiger partial charge in [0.1, 0.15) is 5.82 Å². The maximum Gasteiger partial charge on any atom is 0.173 e. The fraction of sp³-hybridized carbons (Fsp3) is 0.200. The third kappa shape index (κ3) is 1.97. The Morgan fingerprint density at radius 3 is 2.94 bits per heavy atom. The van der Waals surface area contributed by atoms with Crippen LogP contribution in [-0.2, 0) is 11.5 Å². The second kappa shape index (κ2) is 4.56. The number of anilines is 1. The summed E-state index contributed by atoms with van der Waals surface area (Å²) < 4.78 is 1.02. The molecule has 0 saturated heterocycles. The molecule has 4 nitrogen and oxygen atoms in total. The van der Waals surface area contributed by atoms with Crippen molar-refractivity contribution in [3.05, 3.63) is 27.2 Å². The summed E-state index contributed by atoms with van der Waals surface area (Å²) in [6.07, 6.45) is 0. The monoisotopic (exact) mass is 328 g/mol. The third-order valence-electron chi connectivity index (χ3n) is 2.53. The van der Waals surface area contributed by atoms with E-state index in [0.717, 1.165) is 43.8 Å². The van der Waals surface area contributed by atoms with E-state index in [9.17, 15) is 0 Å². The Bertz CT molecular complexity index is 569. The number of nitrogens with one attached hydrogen (secondary N) is 1. The average Bonchev–Trinajstić information content (AvgIpc) is 2.95. The van der Waals surface area contributed by atoms with E-state index in [0.29, 0.717) is 0 Å². The summed E-state index contributed by atoms with van der Waals surface area (Å²) in [6.45, 7) is 0. The number of halogens is 1. The number of nitrogen functional groups attached to an aromatic ring is 1. The molecule has 0 bridgehead atoms. The number of fused-ring (bicyclic) bond motifs is 1. The largest absolute Gasteiger partial charge is 0.308 e. The second-order valence-corrected chi connectivity index (χ2v) is 6.31. The van der Waals surface area contributed by atoms with Crippen molar-refractivity contribution in [1.29, 1.82) is 0 Å². The number of nitrogens with zero attached hydrogens (tertiary/aromatic N) is 2. The fourth-order valence-electron chi connectivity index (χ4n) is 1.73. The molecule has 0 saturated carbocycles. The molecule has 7 heteroatoms. The molecule has 2 aromatic heterocycles. The lowest BCUT2D eigenvalue weighted by molar-refractivity contribution is 1.06. The molecule has 1 aliphatic rings. The number of hydrazine groups is 1. The molecule has 0 amide bonds. The van der Waals surface area contributed by atoms with Crippen LogP contribution in [0.5, 0.6) is 0 Å². The summed E-state index contributed by atoms with van der Waals surface area (Å²) in [5, 5.41) is 2.01. The second-order valence-electron chi connectivity index (χ2n) is 3.56. The van der Waals surface area contributed by atoms with E-state index in [2.05, 4.69) is 31.3 Å². The molecule has 0 fully saturated rings. The quantitative estimate of drug-likeness (QED) is 0.655. The van der Waals surface area contributed by atoms with Crippen LogP contribution in [0.1, 0.15) is 11.3 Å².